The third-order valence-corrected chi connectivity index (χ3v) is 2.57. The summed E-state index contributed by atoms with van der Waals surface area (Å²) >= 11 is 0. The number of benzene rings is 1. The molecule has 0 saturated heterocycles. The molecule has 0 N–H and O–H groups in total. The Bertz CT molecular complexity index is 526. The summed E-state index contributed by atoms with van der Waals surface area (Å²) in [6.45, 7) is 3.08. The van der Waals surface area contributed by atoms with Crippen molar-refractivity contribution in [2.45, 2.75) is 19.9 Å². The summed E-state index contributed by atoms with van der Waals surface area (Å²) in [4.78, 5) is 44.4. The zero-order valence-electron chi connectivity index (χ0n) is 13.1. The Balaban J connectivity index is 0.000000763. The van der Waals surface area contributed by atoms with Gasteiger partial charge in [-0.15, -0.1) is 0 Å². The van der Waals surface area contributed by atoms with E-state index in [0.717, 1.165) is 6.41 Å². The average molecular weight is 308 g/mol. The Hall–Kier alpha value is -2.57. The number of hydrogen-bond donors (Lipinski definition) is 0. The number of carbonyl (C=O) groups excluding carboxylic acids is 3. The minimum absolute atomic E-state index is 0.184. The number of rotatable bonds is 6. The maximum atomic E-state index is 11.9. The summed E-state index contributed by atoms with van der Waals surface area (Å²) in [7, 11) is 3.38. The molecule has 0 aliphatic carbocycles. The Morgan fingerprint density at radius 2 is 1.64 bits per heavy atom. The van der Waals surface area contributed by atoms with E-state index >= 15 is 0 Å². The van der Waals surface area contributed by atoms with E-state index in [4.69, 9.17) is 0 Å². The zero-order valence-corrected chi connectivity index (χ0v) is 13.1. The first-order chi connectivity index (χ1) is 10.2. The first-order valence-electron chi connectivity index (χ1n) is 6.60. The molecule has 7 nitrogen and oxygen atoms in total. The lowest BCUT2D eigenvalue weighted by molar-refractivity contribution is -0.491. The van der Waals surface area contributed by atoms with Crippen LogP contribution in [0, 0.1) is 16.0 Å². The third kappa shape index (κ3) is 6.25. The minimum atomic E-state index is -1.79. The van der Waals surface area contributed by atoms with Crippen molar-refractivity contribution in [1.82, 2.24) is 4.90 Å². The van der Waals surface area contributed by atoms with Crippen LogP contribution >= 0.6 is 0 Å². The van der Waals surface area contributed by atoms with Gasteiger partial charge in [-0.05, 0) is 0 Å². The first kappa shape index (κ1) is 19.4. The predicted octanol–water partition coefficient (Wildman–Crippen LogP) is 1.44. The van der Waals surface area contributed by atoms with Crippen molar-refractivity contribution in [2.75, 3.05) is 14.1 Å². The van der Waals surface area contributed by atoms with Crippen LogP contribution in [0.5, 0.6) is 0 Å². The van der Waals surface area contributed by atoms with Gasteiger partial charge in [0.2, 0.25) is 18.0 Å². The highest BCUT2D eigenvalue weighted by Crippen LogP contribution is 2.10. The molecule has 1 aromatic carbocycles. The van der Waals surface area contributed by atoms with Gasteiger partial charge < -0.3 is 4.90 Å². The maximum absolute atomic E-state index is 11.9. The van der Waals surface area contributed by atoms with Crippen molar-refractivity contribution < 1.29 is 19.3 Å². The van der Waals surface area contributed by atoms with E-state index in [1.165, 1.54) is 30.9 Å². The van der Waals surface area contributed by atoms with Crippen LogP contribution in [0.25, 0.3) is 0 Å². The molecule has 0 fully saturated rings. The van der Waals surface area contributed by atoms with Crippen LogP contribution < -0.4 is 0 Å². The number of nitrogens with zero attached hydrogens (tertiary/aromatic N) is 2. The summed E-state index contributed by atoms with van der Waals surface area (Å²) in [5, 5.41) is 10.8. The molecule has 0 saturated carbocycles. The molecule has 0 spiro atoms. The lowest BCUT2D eigenvalue weighted by Crippen LogP contribution is -2.40. The molecule has 0 bridgehead atoms. The lowest BCUT2D eigenvalue weighted by Gasteiger charge is -2.09. The maximum Gasteiger partial charge on any atom is 0.332 e. The third-order valence-electron chi connectivity index (χ3n) is 2.57. The van der Waals surface area contributed by atoms with Crippen molar-refractivity contribution in [1.29, 1.82) is 0 Å². The van der Waals surface area contributed by atoms with Gasteiger partial charge >= 0.3 is 6.04 Å². The molecule has 1 amide bonds. The van der Waals surface area contributed by atoms with Gasteiger partial charge in [-0.25, -0.2) is 0 Å². The fourth-order valence-corrected chi connectivity index (χ4v) is 1.40. The van der Waals surface area contributed by atoms with Crippen molar-refractivity contribution in [2.24, 2.45) is 5.92 Å². The number of nitro groups is 1. The van der Waals surface area contributed by atoms with Gasteiger partial charge in [-0.2, -0.15) is 0 Å². The predicted molar refractivity (Wildman–Crippen MR) is 81.2 cm³/mol. The van der Waals surface area contributed by atoms with Gasteiger partial charge in [0, 0.05) is 30.5 Å². The second-order valence-electron chi connectivity index (χ2n) is 5.04. The zero-order chi connectivity index (χ0) is 17.3. The summed E-state index contributed by atoms with van der Waals surface area (Å²) in [5.41, 5.74) is 0.184. The standard InChI is InChI=1S/C12H13NO4.C3H7NO/c1-8(2)11(14)10(13(16)17)12(15)9-6-4-3-5-7-9;1-4(2)3-5/h3-8,10H,1-2H3;3H,1-2H3. The van der Waals surface area contributed by atoms with Gasteiger partial charge in [-0.1, -0.05) is 44.2 Å². The topological polar surface area (TPSA) is 97.6 Å². The van der Waals surface area contributed by atoms with Gasteiger partial charge in [0.15, 0.2) is 0 Å². The molecule has 1 unspecified atom stereocenters. The van der Waals surface area contributed by atoms with Crippen molar-refractivity contribution >= 4 is 18.0 Å². The Labute approximate surface area is 129 Å². The molecule has 1 rings (SSSR count). The van der Waals surface area contributed by atoms with Crippen molar-refractivity contribution in [3.05, 3.63) is 46.0 Å². The SMILES string of the molecule is CC(C)C(=O)C(C(=O)c1ccccc1)[N+](=O)[O-].CN(C)C=O. The van der Waals surface area contributed by atoms with Crippen molar-refractivity contribution in [3.63, 3.8) is 0 Å². The lowest BCUT2D eigenvalue weighted by atomic mass is 9.95. The second kappa shape index (κ2) is 9.38. The van der Waals surface area contributed by atoms with Gasteiger partial charge in [0.25, 0.3) is 0 Å². The molecule has 0 radical (unpaired) electrons. The first-order valence-corrected chi connectivity index (χ1v) is 6.60. The molecule has 0 aliphatic heterocycles. The number of amides is 1. The highest BCUT2D eigenvalue weighted by Gasteiger charge is 2.39. The Morgan fingerprint density at radius 3 is 1.95 bits per heavy atom. The monoisotopic (exact) mass is 308 g/mol. The van der Waals surface area contributed by atoms with E-state index in [0.29, 0.717) is 0 Å². The number of hydrogen-bond acceptors (Lipinski definition) is 5. The normalized spacial score (nSPS) is 11.0. The van der Waals surface area contributed by atoms with Gasteiger partial charge in [0.05, 0.1) is 0 Å². The molecular weight excluding hydrogens is 288 g/mol. The summed E-state index contributed by atoms with van der Waals surface area (Å²) in [6, 6.07) is 6.03. The number of ketones is 2. The smallest absolute Gasteiger partial charge is 0.332 e. The number of carbonyl (C=O) groups is 3. The van der Waals surface area contributed by atoms with Gasteiger partial charge in [0.1, 0.15) is 0 Å². The molecular formula is C15H20N2O5. The van der Waals surface area contributed by atoms with Crippen LogP contribution in [-0.2, 0) is 9.59 Å². The average Bonchev–Trinajstić information content (AvgIpc) is 2.48. The molecule has 0 aromatic heterocycles. The fourth-order valence-electron chi connectivity index (χ4n) is 1.40. The van der Waals surface area contributed by atoms with E-state index in [-0.39, 0.29) is 5.56 Å². The van der Waals surface area contributed by atoms with E-state index in [1.54, 1.807) is 32.3 Å². The summed E-state index contributed by atoms with van der Waals surface area (Å²) in [5.74, 6) is -1.96. The molecule has 22 heavy (non-hydrogen) atoms. The van der Waals surface area contributed by atoms with E-state index in [2.05, 4.69) is 0 Å². The molecule has 0 heterocycles. The van der Waals surface area contributed by atoms with E-state index in [9.17, 15) is 24.5 Å². The molecule has 0 aliphatic rings. The minimum Gasteiger partial charge on any atom is -0.351 e. The van der Waals surface area contributed by atoms with Crippen molar-refractivity contribution in [3.8, 4) is 0 Å². The molecule has 120 valence electrons. The van der Waals surface area contributed by atoms with Crippen LogP contribution in [0.1, 0.15) is 24.2 Å². The molecule has 1 atom stereocenters. The van der Waals surface area contributed by atoms with Crippen LogP contribution in [-0.4, -0.2) is 47.9 Å². The van der Waals surface area contributed by atoms with Crippen LogP contribution in [0.2, 0.25) is 0 Å². The van der Waals surface area contributed by atoms with E-state index in [1.807, 2.05) is 0 Å². The Kier molecular flexibility index (Phi) is 8.29. The molecule has 7 heteroatoms. The highest BCUT2D eigenvalue weighted by molar-refractivity contribution is 6.13. The summed E-state index contributed by atoms with van der Waals surface area (Å²) in [6.07, 6.45) is 0.750. The van der Waals surface area contributed by atoms with E-state index < -0.39 is 28.4 Å². The van der Waals surface area contributed by atoms with Crippen LogP contribution in [0.4, 0.5) is 0 Å². The summed E-state index contributed by atoms with van der Waals surface area (Å²) < 4.78 is 0. The second-order valence-corrected chi connectivity index (χ2v) is 5.04. The largest absolute Gasteiger partial charge is 0.351 e. The van der Waals surface area contributed by atoms with Crippen LogP contribution in [0.3, 0.4) is 0 Å². The van der Waals surface area contributed by atoms with Gasteiger partial charge in [-0.3, -0.25) is 24.5 Å². The van der Waals surface area contributed by atoms with Crippen LogP contribution in [0.15, 0.2) is 30.3 Å². The Morgan fingerprint density at radius 1 is 1.18 bits per heavy atom. The molecule has 1 aromatic rings. The number of Topliss-reactive ketones (excluding diaryl/α,β-unsaturated/α-hetero) is 2. The fraction of sp³-hybridized carbons (Fsp3) is 0.400. The highest BCUT2D eigenvalue weighted by atomic mass is 16.6. The quantitative estimate of drug-likeness (QED) is 0.260.